The Morgan fingerprint density at radius 3 is 1.94 bits per heavy atom. The molecule has 1 aliphatic rings. The lowest BCUT2D eigenvalue weighted by Crippen LogP contribution is -2.51. The highest BCUT2D eigenvalue weighted by Crippen LogP contribution is 2.26. The average molecular weight is 780 g/mol. The Labute approximate surface area is 299 Å². The summed E-state index contributed by atoms with van der Waals surface area (Å²) in [5.74, 6) is -5.96. The minimum Gasteiger partial charge on any atom is -0.475 e. The van der Waals surface area contributed by atoms with Crippen LogP contribution in [0.1, 0.15) is 30.4 Å². The number of benzene rings is 3. The van der Waals surface area contributed by atoms with Crippen molar-refractivity contribution in [2.24, 2.45) is 17.4 Å². The first-order chi connectivity index (χ1) is 24.6. The number of sulfonamides is 1. The molecule has 1 atom stereocenters. The maximum Gasteiger partial charge on any atom is 0.490 e. The van der Waals surface area contributed by atoms with Crippen LogP contribution >= 0.6 is 0 Å². The van der Waals surface area contributed by atoms with Crippen LogP contribution in [0.3, 0.4) is 0 Å². The minimum absolute atomic E-state index is 0.0693. The number of likely N-dealkylation sites (tertiary alicyclic amines) is 1. The van der Waals surface area contributed by atoms with Crippen molar-refractivity contribution in [2.75, 3.05) is 19.6 Å². The molecule has 0 aromatic heterocycles. The van der Waals surface area contributed by atoms with E-state index in [1.165, 1.54) is 18.2 Å². The molecule has 20 heteroatoms. The maximum absolute atomic E-state index is 14.4. The molecule has 0 radical (unpaired) electrons. The SMILES string of the molecule is N=C(N)c1cccc(C[C@H](NS(=O)(=O)c2cccc(-c3ccccc3F)c2)C(=O)N2CCC(CCN)CC2)c1.O=C(O)C(F)(F)F.O=C(O)C(F)(F)F. The first-order valence-electron chi connectivity index (χ1n) is 15.5. The van der Waals surface area contributed by atoms with Gasteiger partial charge in [0.05, 0.1) is 4.90 Å². The molecule has 4 rings (SSSR count). The summed E-state index contributed by atoms with van der Waals surface area (Å²) in [4.78, 5) is 33.1. The fraction of sp³-hybridized carbons (Fsp3) is 0.333. The van der Waals surface area contributed by atoms with Crippen molar-refractivity contribution in [3.8, 4) is 11.1 Å². The van der Waals surface area contributed by atoms with Gasteiger partial charge in [-0.25, -0.2) is 22.4 Å². The molecule has 12 nitrogen and oxygen atoms in total. The third kappa shape index (κ3) is 14.1. The van der Waals surface area contributed by atoms with Crippen LogP contribution in [0.15, 0.2) is 77.7 Å². The molecule has 1 heterocycles. The van der Waals surface area contributed by atoms with E-state index in [-0.39, 0.29) is 28.6 Å². The lowest BCUT2D eigenvalue weighted by Gasteiger charge is -2.34. The smallest absolute Gasteiger partial charge is 0.475 e. The van der Waals surface area contributed by atoms with Crippen LogP contribution in [-0.2, 0) is 30.8 Å². The molecule has 1 saturated heterocycles. The number of hydrogen-bond donors (Lipinski definition) is 6. The van der Waals surface area contributed by atoms with E-state index >= 15 is 0 Å². The van der Waals surface area contributed by atoms with E-state index in [9.17, 15) is 43.9 Å². The van der Waals surface area contributed by atoms with Gasteiger partial charge in [-0.2, -0.15) is 31.1 Å². The van der Waals surface area contributed by atoms with Crippen molar-refractivity contribution >= 4 is 33.7 Å². The lowest BCUT2D eigenvalue weighted by atomic mass is 9.93. The number of carbonyl (C=O) groups excluding carboxylic acids is 1. The monoisotopic (exact) mass is 779 g/mol. The average Bonchev–Trinajstić information content (AvgIpc) is 3.08. The second kappa shape index (κ2) is 19.1. The normalized spacial score (nSPS) is 14.2. The molecule has 0 spiro atoms. The fourth-order valence-corrected chi connectivity index (χ4v) is 6.20. The number of nitrogens with one attached hydrogen (secondary N) is 2. The highest BCUT2D eigenvalue weighted by Gasteiger charge is 2.39. The van der Waals surface area contributed by atoms with E-state index < -0.39 is 46.2 Å². The van der Waals surface area contributed by atoms with Crippen LogP contribution < -0.4 is 16.2 Å². The number of carboxylic acid groups (broad SMARTS) is 2. The fourth-order valence-electron chi connectivity index (χ4n) is 4.96. The Bertz CT molecular complexity index is 1830. The van der Waals surface area contributed by atoms with Gasteiger partial charge in [0.1, 0.15) is 17.7 Å². The van der Waals surface area contributed by atoms with Crippen LogP contribution in [0.25, 0.3) is 11.1 Å². The van der Waals surface area contributed by atoms with Gasteiger partial charge in [0.15, 0.2) is 0 Å². The summed E-state index contributed by atoms with van der Waals surface area (Å²) in [6, 6.07) is 17.9. The van der Waals surface area contributed by atoms with Crippen molar-refractivity contribution in [2.45, 2.75) is 49.0 Å². The zero-order valence-electron chi connectivity index (χ0n) is 27.6. The van der Waals surface area contributed by atoms with Gasteiger partial charge in [0, 0.05) is 24.2 Å². The largest absolute Gasteiger partial charge is 0.490 e. The molecule has 53 heavy (non-hydrogen) atoms. The predicted octanol–water partition coefficient (Wildman–Crippen LogP) is 4.52. The van der Waals surface area contributed by atoms with Gasteiger partial charge in [-0.3, -0.25) is 10.2 Å². The molecule has 0 aliphatic carbocycles. The van der Waals surface area contributed by atoms with Crippen molar-refractivity contribution in [3.63, 3.8) is 0 Å². The number of amides is 1. The third-order valence-electron chi connectivity index (χ3n) is 7.59. The predicted molar refractivity (Wildman–Crippen MR) is 177 cm³/mol. The van der Waals surface area contributed by atoms with Gasteiger partial charge in [-0.05, 0) is 73.5 Å². The van der Waals surface area contributed by atoms with Gasteiger partial charge in [-0.15, -0.1) is 0 Å². The van der Waals surface area contributed by atoms with Crippen LogP contribution in [0.4, 0.5) is 30.7 Å². The highest BCUT2D eigenvalue weighted by molar-refractivity contribution is 7.89. The van der Waals surface area contributed by atoms with E-state index in [1.54, 1.807) is 59.5 Å². The second-order valence-electron chi connectivity index (χ2n) is 11.5. The topological polar surface area (TPSA) is 217 Å². The van der Waals surface area contributed by atoms with E-state index in [4.69, 9.17) is 36.7 Å². The number of aliphatic carboxylic acids is 2. The minimum atomic E-state index is -5.08. The van der Waals surface area contributed by atoms with E-state index in [1.807, 2.05) is 0 Å². The summed E-state index contributed by atoms with van der Waals surface area (Å²) in [6.45, 7) is 1.65. The molecule has 0 saturated carbocycles. The number of amidine groups is 1. The summed E-state index contributed by atoms with van der Waals surface area (Å²) in [6.07, 6.45) is -7.57. The summed E-state index contributed by atoms with van der Waals surface area (Å²) < 4.78 is 108. The molecule has 0 unspecified atom stereocenters. The van der Waals surface area contributed by atoms with Crippen molar-refractivity contribution in [1.29, 1.82) is 5.41 Å². The zero-order valence-corrected chi connectivity index (χ0v) is 28.4. The molecule has 0 bridgehead atoms. The number of rotatable bonds is 10. The number of alkyl halides is 6. The Balaban J connectivity index is 0.000000587. The van der Waals surface area contributed by atoms with Crippen LogP contribution in [0.2, 0.25) is 0 Å². The van der Waals surface area contributed by atoms with Gasteiger partial charge < -0.3 is 26.6 Å². The van der Waals surface area contributed by atoms with Crippen molar-refractivity contribution < 1.29 is 63.7 Å². The second-order valence-corrected chi connectivity index (χ2v) is 13.2. The van der Waals surface area contributed by atoms with Gasteiger partial charge in [0.25, 0.3) is 0 Å². The Morgan fingerprint density at radius 2 is 1.43 bits per heavy atom. The number of halogens is 7. The quantitative estimate of drug-likeness (QED) is 0.0968. The number of nitrogens with two attached hydrogens (primary N) is 2. The van der Waals surface area contributed by atoms with Crippen LogP contribution in [0, 0.1) is 17.1 Å². The number of carboxylic acids is 2. The highest BCUT2D eigenvalue weighted by atomic mass is 32.2. The summed E-state index contributed by atoms with van der Waals surface area (Å²) in [5, 5.41) is 22.0. The number of piperidine rings is 1. The number of carbonyl (C=O) groups is 3. The number of nitrogens with zero attached hydrogens (tertiary/aromatic N) is 1. The van der Waals surface area contributed by atoms with Crippen LogP contribution in [0.5, 0.6) is 0 Å². The standard InChI is InChI=1S/C29H34FN5O3S.2C2HF3O2/c30-26-10-2-1-9-25(26)22-6-4-8-24(19-22)39(37,38)34-27(18-21-5-3-7-23(17-21)28(32)33)29(36)35-15-12-20(11-14-31)13-16-35;2*3-2(4,5)1(6)7/h1-10,17,19-20,27,34H,11-16,18,31H2,(H3,32,33);2*(H,6,7)/t27-;;/m0../s1. The van der Waals surface area contributed by atoms with Crippen molar-refractivity contribution in [1.82, 2.24) is 9.62 Å². The molecule has 290 valence electrons. The van der Waals surface area contributed by atoms with E-state index in [2.05, 4.69) is 4.72 Å². The van der Waals surface area contributed by atoms with Gasteiger partial charge in [0.2, 0.25) is 15.9 Å². The van der Waals surface area contributed by atoms with E-state index in [0.717, 1.165) is 19.3 Å². The number of nitrogen functional groups attached to an aromatic ring is 1. The summed E-state index contributed by atoms with van der Waals surface area (Å²) >= 11 is 0. The Morgan fingerprint density at radius 1 is 0.887 bits per heavy atom. The third-order valence-corrected chi connectivity index (χ3v) is 9.06. The van der Waals surface area contributed by atoms with Gasteiger partial charge >= 0.3 is 24.3 Å². The Hall–Kier alpha value is -5.08. The number of hydrogen-bond acceptors (Lipinski definition) is 7. The first kappa shape index (κ1) is 44.1. The molecule has 3 aromatic rings. The van der Waals surface area contributed by atoms with E-state index in [0.29, 0.717) is 42.2 Å². The molecule has 3 aromatic carbocycles. The van der Waals surface area contributed by atoms with Crippen LogP contribution in [-0.4, -0.2) is 85.2 Å². The summed E-state index contributed by atoms with van der Waals surface area (Å²) in [5.41, 5.74) is 13.2. The molecule has 8 N–H and O–H groups in total. The molecule has 1 fully saturated rings. The Kier molecular flexibility index (Phi) is 15.9. The summed E-state index contributed by atoms with van der Waals surface area (Å²) in [7, 11) is -4.16. The molecular weight excluding hydrogens is 743 g/mol. The first-order valence-corrected chi connectivity index (χ1v) is 16.9. The molecular formula is C33H36F7N5O7S. The van der Waals surface area contributed by atoms with Crippen molar-refractivity contribution in [3.05, 3.63) is 89.7 Å². The maximum atomic E-state index is 14.4. The zero-order chi connectivity index (χ0) is 40.1. The van der Waals surface area contributed by atoms with Gasteiger partial charge in [-0.1, -0.05) is 48.5 Å². The lowest BCUT2D eigenvalue weighted by molar-refractivity contribution is -0.193. The molecule has 1 aliphatic heterocycles. The molecule has 1 amide bonds.